The first-order chi connectivity index (χ1) is 10.5. The molecular formula is C16H19N3O3. The fourth-order valence-corrected chi connectivity index (χ4v) is 3.99. The summed E-state index contributed by atoms with van der Waals surface area (Å²) in [4.78, 5) is 19.1. The van der Waals surface area contributed by atoms with Crippen LogP contribution in [-0.2, 0) is 0 Å². The monoisotopic (exact) mass is 301 g/mol. The van der Waals surface area contributed by atoms with Crippen LogP contribution in [0.15, 0.2) is 10.6 Å². The molecule has 0 radical (unpaired) electrons. The number of aromatic nitrogens is 2. The highest BCUT2D eigenvalue weighted by Gasteiger charge is 2.42. The molecule has 3 atom stereocenters. The first-order valence-electron chi connectivity index (χ1n) is 7.74. The third kappa shape index (κ3) is 2.01. The molecule has 1 amide bonds. The molecule has 3 heterocycles. The van der Waals surface area contributed by atoms with Crippen molar-refractivity contribution < 1.29 is 14.4 Å². The van der Waals surface area contributed by atoms with Gasteiger partial charge in [-0.3, -0.25) is 4.79 Å². The predicted octanol–water partition coefficient (Wildman–Crippen LogP) is 1.68. The molecule has 2 aliphatic rings. The number of amides is 1. The molecule has 1 N–H and O–H groups in total. The van der Waals surface area contributed by atoms with Gasteiger partial charge in [0.05, 0.1) is 22.7 Å². The van der Waals surface area contributed by atoms with E-state index in [4.69, 9.17) is 4.52 Å². The van der Waals surface area contributed by atoms with Crippen LogP contribution < -0.4 is 0 Å². The SMILES string of the molecule is Cc1cc(C(=O)N2C[C@H]3CC(O)C[C@H]3C2)c2c(C)noc2n1. The van der Waals surface area contributed by atoms with Crippen LogP contribution in [0.3, 0.4) is 0 Å². The van der Waals surface area contributed by atoms with E-state index in [1.807, 2.05) is 24.8 Å². The van der Waals surface area contributed by atoms with Crippen LogP contribution in [0.5, 0.6) is 0 Å². The van der Waals surface area contributed by atoms with Crippen molar-refractivity contribution in [1.29, 1.82) is 0 Å². The number of aryl methyl sites for hydroxylation is 2. The lowest BCUT2D eigenvalue weighted by atomic mass is 10.0. The Balaban J connectivity index is 1.68. The van der Waals surface area contributed by atoms with E-state index in [9.17, 15) is 9.90 Å². The lowest BCUT2D eigenvalue weighted by Gasteiger charge is -2.18. The first kappa shape index (κ1) is 13.7. The molecule has 6 heteroatoms. The smallest absolute Gasteiger partial charge is 0.258 e. The van der Waals surface area contributed by atoms with E-state index in [0.717, 1.165) is 31.6 Å². The zero-order valence-electron chi connectivity index (χ0n) is 12.7. The van der Waals surface area contributed by atoms with Gasteiger partial charge in [-0.15, -0.1) is 0 Å². The number of hydrogen-bond donors (Lipinski definition) is 1. The Morgan fingerprint density at radius 2 is 2.00 bits per heavy atom. The number of carbonyl (C=O) groups is 1. The van der Waals surface area contributed by atoms with Crippen molar-refractivity contribution in [2.45, 2.75) is 32.8 Å². The van der Waals surface area contributed by atoms with Crippen molar-refractivity contribution in [2.75, 3.05) is 13.1 Å². The van der Waals surface area contributed by atoms with Gasteiger partial charge in [-0.2, -0.15) is 0 Å². The van der Waals surface area contributed by atoms with E-state index in [2.05, 4.69) is 10.1 Å². The first-order valence-corrected chi connectivity index (χ1v) is 7.74. The van der Waals surface area contributed by atoms with Gasteiger partial charge in [-0.05, 0) is 44.6 Å². The van der Waals surface area contributed by atoms with Crippen LogP contribution in [0.25, 0.3) is 11.1 Å². The molecule has 116 valence electrons. The highest BCUT2D eigenvalue weighted by atomic mass is 16.5. The Bertz CT molecular complexity index is 740. The molecule has 6 nitrogen and oxygen atoms in total. The summed E-state index contributed by atoms with van der Waals surface area (Å²) < 4.78 is 5.21. The molecule has 4 rings (SSSR count). The van der Waals surface area contributed by atoms with Gasteiger partial charge in [-0.1, -0.05) is 5.16 Å². The van der Waals surface area contributed by atoms with Gasteiger partial charge in [0, 0.05) is 18.8 Å². The van der Waals surface area contributed by atoms with Gasteiger partial charge in [0.2, 0.25) is 0 Å². The fraction of sp³-hybridized carbons (Fsp3) is 0.562. The predicted molar refractivity (Wildman–Crippen MR) is 79.4 cm³/mol. The summed E-state index contributed by atoms with van der Waals surface area (Å²) in [5.41, 5.74) is 2.50. The fourth-order valence-electron chi connectivity index (χ4n) is 3.99. The van der Waals surface area contributed by atoms with E-state index in [1.54, 1.807) is 0 Å². The second-order valence-electron chi connectivity index (χ2n) is 6.61. The molecule has 2 aromatic heterocycles. The topological polar surface area (TPSA) is 79.5 Å². The summed E-state index contributed by atoms with van der Waals surface area (Å²) in [5, 5.41) is 14.4. The maximum atomic E-state index is 12.9. The number of likely N-dealkylation sites (tertiary alicyclic amines) is 1. The largest absolute Gasteiger partial charge is 0.393 e. The summed E-state index contributed by atoms with van der Waals surface area (Å²) in [6.45, 7) is 5.14. The lowest BCUT2D eigenvalue weighted by molar-refractivity contribution is 0.0767. The van der Waals surface area contributed by atoms with E-state index < -0.39 is 0 Å². The minimum absolute atomic E-state index is 0.0192. The van der Waals surface area contributed by atoms with Crippen LogP contribution in [0.4, 0.5) is 0 Å². The van der Waals surface area contributed by atoms with E-state index >= 15 is 0 Å². The molecule has 1 saturated heterocycles. The quantitative estimate of drug-likeness (QED) is 0.867. The van der Waals surface area contributed by atoms with Crippen LogP contribution in [-0.4, -0.2) is 45.2 Å². The molecule has 1 saturated carbocycles. The maximum Gasteiger partial charge on any atom is 0.258 e. The minimum atomic E-state index is -0.192. The molecule has 0 spiro atoms. The van der Waals surface area contributed by atoms with E-state index in [0.29, 0.717) is 34.2 Å². The Kier molecular flexibility index (Phi) is 2.97. The van der Waals surface area contributed by atoms with Crippen LogP contribution in [0, 0.1) is 25.7 Å². The second kappa shape index (κ2) is 4.78. The maximum absolute atomic E-state index is 12.9. The molecule has 2 fully saturated rings. The zero-order valence-corrected chi connectivity index (χ0v) is 12.7. The standard InChI is InChI=1S/C16H19N3O3/c1-8-3-13(14-9(2)18-22-15(14)17-8)16(21)19-6-10-4-12(20)5-11(10)7-19/h3,10-12,20H,4-7H2,1-2H3/t10-,11+,12?. The summed E-state index contributed by atoms with van der Waals surface area (Å²) in [5.74, 6) is 0.882. The number of fused-ring (bicyclic) bond motifs is 2. The van der Waals surface area contributed by atoms with Crippen LogP contribution >= 0.6 is 0 Å². The number of aliphatic hydroxyl groups excluding tert-OH is 1. The van der Waals surface area contributed by atoms with Gasteiger partial charge in [-0.25, -0.2) is 4.98 Å². The molecule has 0 bridgehead atoms. The Hall–Kier alpha value is -1.95. The van der Waals surface area contributed by atoms with Crippen molar-refractivity contribution >= 4 is 17.0 Å². The molecular weight excluding hydrogens is 282 g/mol. The normalized spacial score (nSPS) is 27.6. The number of nitrogens with zero attached hydrogens (tertiary/aromatic N) is 3. The highest BCUT2D eigenvalue weighted by molar-refractivity contribution is 6.06. The Morgan fingerprint density at radius 3 is 2.68 bits per heavy atom. The molecule has 1 unspecified atom stereocenters. The van der Waals surface area contributed by atoms with Crippen LogP contribution in [0.1, 0.15) is 34.6 Å². The van der Waals surface area contributed by atoms with Crippen molar-refractivity contribution in [1.82, 2.24) is 15.0 Å². The number of hydrogen-bond acceptors (Lipinski definition) is 5. The third-order valence-corrected chi connectivity index (χ3v) is 4.99. The third-order valence-electron chi connectivity index (χ3n) is 4.99. The average molecular weight is 301 g/mol. The number of rotatable bonds is 1. The summed E-state index contributed by atoms with van der Waals surface area (Å²) in [6, 6.07) is 1.82. The van der Waals surface area contributed by atoms with Crippen molar-refractivity contribution in [3.05, 3.63) is 23.0 Å². The van der Waals surface area contributed by atoms with E-state index in [1.165, 1.54) is 0 Å². The highest BCUT2D eigenvalue weighted by Crippen LogP contribution is 2.39. The zero-order chi connectivity index (χ0) is 15.4. The molecule has 0 aromatic carbocycles. The minimum Gasteiger partial charge on any atom is -0.393 e. The van der Waals surface area contributed by atoms with Gasteiger partial charge in [0.25, 0.3) is 11.6 Å². The van der Waals surface area contributed by atoms with Crippen molar-refractivity contribution in [3.63, 3.8) is 0 Å². The second-order valence-corrected chi connectivity index (χ2v) is 6.61. The average Bonchev–Trinajstić information content (AvgIpc) is 3.10. The van der Waals surface area contributed by atoms with Crippen LogP contribution in [0.2, 0.25) is 0 Å². The summed E-state index contributed by atoms with van der Waals surface area (Å²) in [6.07, 6.45) is 1.43. The summed E-state index contributed by atoms with van der Waals surface area (Å²) in [7, 11) is 0. The van der Waals surface area contributed by atoms with Crippen molar-refractivity contribution in [2.24, 2.45) is 11.8 Å². The Labute approximate surface area is 128 Å². The van der Waals surface area contributed by atoms with Gasteiger partial charge in [0.15, 0.2) is 0 Å². The summed E-state index contributed by atoms with van der Waals surface area (Å²) >= 11 is 0. The molecule has 1 aliphatic carbocycles. The molecule has 1 aliphatic heterocycles. The number of pyridine rings is 1. The van der Waals surface area contributed by atoms with Gasteiger partial charge >= 0.3 is 0 Å². The van der Waals surface area contributed by atoms with Gasteiger partial charge in [0.1, 0.15) is 0 Å². The lowest BCUT2D eigenvalue weighted by Crippen LogP contribution is -2.30. The van der Waals surface area contributed by atoms with Gasteiger partial charge < -0.3 is 14.5 Å². The van der Waals surface area contributed by atoms with Crippen molar-refractivity contribution in [3.8, 4) is 0 Å². The number of carbonyl (C=O) groups excluding carboxylic acids is 1. The molecule has 2 aromatic rings. The Morgan fingerprint density at radius 1 is 1.32 bits per heavy atom. The van der Waals surface area contributed by atoms with E-state index in [-0.39, 0.29) is 12.0 Å². The number of aliphatic hydroxyl groups is 1. The molecule has 22 heavy (non-hydrogen) atoms.